The normalized spacial score (nSPS) is 23.4. The molecule has 0 spiro atoms. The molecule has 1 atom stereocenters. The van der Waals surface area contributed by atoms with Crippen LogP contribution >= 0.6 is 11.8 Å². The van der Waals surface area contributed by atoms with Crippen molar-refractivity contribution in [1.29, 1.82) is 0 Å². The zero-order chi connectivity index (χ0) is 13.9. The molecule has 0 bridgehead atoms. The highest BCUT2D eigenvalue weighted by molar-refractivity contribution is 7.99. The highest BCUT2D eigenvalue weighted by Gasteiger charge is 2.44. The van der Waals surface area contributed by atoms with E-state index in [-0.39, 0.29) is 11.5 Å². The summed E-state index contributed by atoms with van der Waals surface area (Å²) in [5, 5.41) is 9.25. The van der Waals surface area contributed by atoms with Gasteiger partial charge in [0.1, 0.15) is 5.54 Å². The zero-order valence-electron chi connectivity index (χ0n) is 10.2. The molecule has 1 aliphatic rings. The molecule has 7 heteroatoms. The summed E-state index contributed by atoms with van der Waals surface area (Å²) in [5.74, 6) is -0.376. The Kier molecular flexibility index (Phi) is 4.17. The second kappa shape index (κ2) is 5.52. The fraction of sp³-hybridized carbons (Fsp3) is 0.417. The second-order valence-electron chi connectivity index (χ2n) is 4.54. The molecule has 1 aromatic rings. The van der Waals surface area contributed by atoms with Gasteiger partial charge in [0, 0.05) is 5.75 Å². The molecule has 1 fully saturated rings. The van der Waals surface area contributed by atoms with Gasteiger partial charge in [-0.15, -0.1) is 0 Å². The lowest BCUT2D eigenvalue weighted by atomic mass is 10.0. The highest BCUT2D eigenvalue weighted by atomic mass is 32.2. The minimum absolute atomic E-state index is 0.201. The van der Waals surface area contributed by atoms with Gasteiger partial charge in [-0.05, 0) is 17.7 Å². The fourth-order valence-electron chi connectivity index (χ4n) is 1.99. The molecular formula is C12H15NO4S2. The molecule has 5 nitrogen and oxygen atoms in total. The monoisotopic (exact) mass is 301 g/mol. The van der Waals surface area contributed by atoms with Gasteiger partial charge in [0.15, 0.2) is 0 Å². The van der Waals surface area contributed by atoms with Gasteiger partial charge in [0.2, 0.25) is 10.0 Å². The van der Waals surface area contributed by atoms with Crippen molar-refractivity contribution in [2.75, 3.05) is 11.5 Å². The van der Waals surface area contributed by atoms with Gasteiger partial charge in [-0.1, -0.05) is 30.3 Å². The maximum Gasteiger partial charge on any atom is 0.325 e. The lowest BCUT2D eigenvalue weighted by molar-refractivity contribution is -0.142. The van der Waals surface area contributed by atoms with E-state index in [0.717, 1.165) is 0 Å². The summed E-state index contributed by atoms with van der Waals surface area (Å²) in [6.45, 7) is 0. The van der Waals surface area contributed by atoms with Crippen LogP contribution in [0.2, 0.25) is 0 Å². The third-order valence-electron chi connectivity index (χ3n) is 2.98. The summed E-state index contributed by atoms with van der Waals surface area (Å²) in [6.07, 6.45) is 0.320. The Morgan fingerprint density at radius 3 is 2.58 bits per heavy atom. The van der Waals surface area contributed by atoms with Crippen molar-refractivity contribution in [3.05, 3.63) is 35.9 Å². The van der Waals surface area contributed by atoms with Gasteiger partial charge < -0.3 is 5.11 Å². The number of nitrogens with one attached hydrogen (secondary N) is 1. The van der Waals surface area contributed by atoms with Crippen LogP contribution in [0.1, 0.15) is 12.0 Å². The smallest absolute Gasteiger partial charge is 0.325 e. The van der Waals surface area contributed by atoms with Crippen LogP contribution in [0.3, 0.4) is 0 Å². The van der Waals surface area contributed by atoms with Crippen molar-refractivity contribution in [2.45, 2.75) is 17.7 Å². The molecule has 19 heavy (non-hydrogen) atoms. The predicted molar refractivity (Wildman–Crippen MR) is 74.5 cm³/mol. The minimum Gasteiger partial charge on any atom is -0.480 e. The summed E-state index contributed by atoms with van der Waals surface area (Å²) in [5.41, 5.74) is -0.709. The molecule has 2 N–H and O–H groups in total. The SMILES string of the molecule is O=C(O)C1(NS(=O)(=O)Cc2ccccc2)CCSC1. The first-order valence-corrected chi connectivity index (χ1v) is 8.61. The van der Waals surface area contributed by atoms with Crippen LogP contribution in [-0.4, -0.2) is 36.5 Å². The number of thioether (sulfide) groups is 1. The Labute approximate surface area is 116 Å². The third-order valence-corrected chi connectivity index (χ3v) is 5.59. The van der Waals surface area contributed by atoms with E-state index in [4.69, 9.17) is 0 Å². The van der Waals surface area contributed by atoms with Crippen molar-refractivity contribution in [2.24, 2.45) is 0 Å². The molecule has 104 valence electrons. The van der Waals surface area contributed by atoms with E-state index >= 15 is 0 Å². The Bertz CT molecular complexity index is 550. The Morgan fingerprint density at radius 1 is 1.37 bits per heavy atom. The molecule has 0 aliphatic carbocycles. The standard InChI is InChI=1S/C12H15NO4S2/c14-11(15)12(6-7-18-9-12)13-19(16,17)8-10-4-2-1-3-5-10/h1-5,13H,6-9H2,(H,14,15). The predicted octanol–water partition coefficient (Wildman–Crippen LogP) is 1.07. The maximum absolute atomic E-state index is 12.1. The van der Waals surface area contributed by atoms with Crippen molar-refractivity contribution in [3.8, 4) is 0 Å². The summed E-state index contributed by atoms with van der Waals surface area (Å²) in [6, 6.07) is 8.72. The number of hydrogen-bond donors (Lipinski definition) is 2. The number of rotatable bonds is 5. The average molecular weight is 301 g/mol. The zero-order valence-corrected chi connectivity index (χ0v) is 11.8. The molecule has 1 unspecified atom stereocenters. The molecule has 0 aromatic heterocycles. The number of carboxylic acids is 1. The van der Waals surface area contributed by atoms with Crippen molar-refractivity contribution < 1.29 is 18.3 Å². The van der Waals surface area contributed by atoms with E-state index in [1.54, 1.807) is 30.3 Å². The summed E-state index contributed by atoms with van der Waals surface area (Å²) in [4.78, 5) is 11.3. The van der Waals surface area contributed by atoms with Crippen LogP contribution in [0.4, 0.5) is 0 Å². The molecule has 1 aromatic carbocycles. The van der Waals surface area contributed by atoms with E-state index in [9.17, 15) is 18.3 Å². The van der Waals surface area contributed by atoms with Gasteiger partial charge in [0.25, 0.3) is 0 Å². The van der Waals surface area contributed by atoms with Gasteiger partial charge in [0.05, 0.1) is 5.75 Å². The van der Waals surface area contributed by atoms with E-state index in [1.165, 1.54) is 11.8 Å². The summed E-state index contributed by atoms with van der Waals surface area (Å²) < 4.78 is 26.5. The van der Waals surface area contributed by atoms with Crippen LogP contribution in [0.5, 0.6) is 0 Å². The molecule has 1 saturated heterocycles. The number of hydrogen-bond acceptors (Lipinski definition) is 4. The number of benzene rings is 1. The topological polar surface area (TPSA) is 83.5 Å². The summed E-state index contributed by atoms with van der Waals surface area (Å²) in [7, 11) is -3.67. The molecule has 0 amide bonds. The lowest BCUT2D eigenvalue weighted by Crippen LogP contribution is -2.54. The number of carboxylic acid groups (broad SMARTS) is 1. The van der Waals surface area contributed by atoms with Crippen LogP contribution in [0.15, 0.2) is 30.3 Å². The van der Waals surface area contributed by atoms with Gasteiger partial charge >= 0.3 is 5.97 Å². The minimum atomic E-state index is -3.67. The van der Waals surface area contributed by atoms with E-state index < -0.39 is 21.5 Å². The molecule has 0 radical (unpaired) electrons. The number of sulfonamides is 1. The quantitative estimate of drug-likeness (QED) is 0.850. The average Bonchev–Trinajstić information content (AvgIpc) is 2.78. The number of carbonyl (C=O) groups is 1. The van der Waals surface area contributed by atoms with Crippen LogP contribution in [-0.2, 0) is 20.6 Å². The first-order chi connectivity index (χ1) is 8.94. The largest absolute Gasteiger partial charge is 0.480 e. The van der Waals surface area contributed by atoms with Gasteiger partial charge in [-0.2, -0.15) is 16.5 Å². The van der Waals surface area contributed by atoms with Crippen molar-refractivity contribution in [3.63, 3.8) is 0 Å². The van der Waals surface area contributed by atoms with E-state index in [0.29, 0.717) is 17.7 Å². The van der Waals surface area contributed by atoms with E-state index in [2.05, 4.69) is 4.72 Å². The van der Waals surface area contributed by atoms with Gasteiger partial charge in [-0.25, -0.2) is 8.42 Å². The maximum atomic E-state index is 12.1. The van der Waals surface area contributed by atoms with Crippen LogP contribution in [0, 0.1) is 0 Å². The van der Waals surface area contributed by atoms with Crippen molar-refractivity contribution >= 4 is 27.8 Å². The Morgan fingerprint density at radius 2 is 2.05 bits per heavy atom. The van der Waals surface area contributed by atoms with Gasteiger partial charge in [-0.3, -0.25) is 4.79 Å². The lowest BCUT2D eigenvalue weighted by Gasteiger charge is -2.24. The molecule has 2 rings (SSSR count). The molecular weight excluding hydrogens is 286 g/mol. The fourth-order valence-corrected chi connectivity index (χ4v) is 4.96. The Hall–Kier alpha value is -1.05. The molecule has 1 heterocycles. The number of aliphatic carboxylic acids is 1. The van der Waals surface area contributed by atoms with Crippen molar-refractivity contribution in [1.82, 2.24) is 4.72 Å². The third kappa shape index (κ3) is 3.49. The Balaban J connectivity index is 2.14. The van der Waals surface area contributed by atoms with E-state index in [1.807, 2.05) is 0 Å². The van der Waals surface area contributed by atoms with Crippen LogP contribution < -0.4 is 4.72 Å². The van der Waals surface area contributed by atoms with Crippen LogP contribution in [0.25, 0.3) is 0 Å². The second-order valence-corrected chi connectivity index (χ2v) is 7.36. The summed E-state index contributed by atoms with van der Waals surface area (Å²) >= 11 is 1.45. The first kappa shape index (κ1) is 14.4. The molecule has 1 aliphatic heterocycles. The highest BCUT2D eigenvalue weighted by Crippen LogP contribution is 2.29. The first-order valence-electron chi connectivity index (χ1n) is 5.80. The molecule has 0 saturated carbocycles.